The summed E-state index contributed by atoms with van der Waals surface area (Å²) in [7, 11) is 1.70. The van der Waals surface area contributed by atoms with E-state index in [0.717, 1.165) is 43.3 Å². The van der Waals surface area contributed by atoms with Crippen LogP contribution in [0.3, 0.4) is 0 Å². The second-order valence-electron chi connectivity index (χ2n) is 6.81. The van der Waals surface area contributed by atoms with E-state index in [1.54, 1.807) is 31.7 Å². The lowest BCUT2D eigenvalue weighted by atomic mass is 10.2. The number of aromatic nitrogens is 1. The predicted molar refractivity (Wildman–Crippen MR) is 112 cm³/mol. The van der Waals surface area contributed by atoms with Gasteiger partial charge in [0.15, 0.2) is 0 Å². The number of rotatable bonds is 6. The molecule has 0 saturated carbocycles. The summed E-state index contributed by atoms with van der Waals surface area (Å²) in [6.07, 6.45) is 3.35. The summed E-state index contributed by atoms with van der Waals surface area (Å²) in [4.78, 5) is 21.2. The summed E-state index contributed by atoms with van der Waals surface area (Å²) in [5, 5.41) is 2.81. The van der Waals surface area contributed by atoms with Crippen LogP contribution in [0.4, 0.5) is 11.4 Å². The molecule has 3 aromatic rings. The molecule has 0 bridgehead atoms. The van der Waals surface area contributed by atoms with Crippen LogP contribution in [0.15, 0.2) is 65.4 Å². The number of hydrogen-bond acceptors (Lipinski definition) is 6. The molecule has 0 unspecified atom stereocenters. The van der Waals surface area contributed by atoms with E-state index in [4.69, 9.17) is 9.15 Å². The second-order valence-corrected chi connectivity index (χ2v) is 6.81. The third-order valence-corrected chi connectivity index (χ3v) is 5.05. The molecule has 1 amide bonds. The molecule has 0 aliphatic carbocycles. The second kappa shape index (κ2) is 8.68. The Bertz CT molecular complexity index is 933. The lowest BCUT2D eigenvalue weighted by molar-refractivity contribution is 0.0943. The Labute approximate surface area is 169 Å². The summed E-state index contributed by atoms with van der Waals surface area (Å²) in [6.45, 7) is 3.89. The topological polar surface area (TPSA) is 70.8 Å². The average molecular weight is 392 g/mol. The highest BCUT2D eigenvalue weighted by atomic mass is 16.5. The monoisotopic (exact) mass is 392 g/mol. The van der Waals surface area contributed by atoms with Gasteiger partial charge < -0.3 is 24.3 Å². The first-order valence-corrected chi connectivity index (χ1v) is 9.64. The third kappa shape index (κ3) is 4.34. The van der Waals surface area contributed by atoms with E-state index >= 15 is 0 Å². The summed E-state index contributed by atoms with van der Waals surface area (Å²) in [5.41, 5.74) is 2.54. The molecular formula is C22H24N4O3. The molecule has 29 heavy (non-hydrogen) atoms. The van der Waals surface area contributed by atoms with Crippen LogP contribution in [-0.2, 0) is 6.54 Å². The van der Waals surface area contributed by atoms with E-state index in [0.29, 0.717) is 18.0 Å². The van der Waals surface area contributed by atoms with Crippen molar-refractivity contribution < 1.29 is 13.9 Å². The van der Waals surface area contributed by atoms with E-state index in [1.807, 2.05) is 30.3 Å². The average Bonchev–Trinajstić information content (AvgIpc) is 3.31. The standard InChI is InChI=1S/C22H24N4O3/c1-28-21-7-3-2-6-20(21)26-12-10-25(11-13-26)17-8-9-19(23-15-17)22(27)24-16-18-5-4-14-29-18/h2-9,14-15H,10-13,16H2,1H3,(H,24,27). The van der Waals surface area contributed by atoms with Gasteiger partial charge in [0.1, 0.15) is 17.2 Å². The maximum absolute atomic E-state index is 12.2. The Hall–Kier alpha value is -3.48. The quantitative estimate of drug-likeness (QED) is 0.696. The van der Waals surface area contributed by atoms with Gasteiger partial charge in [0.25, 0.3) is 5.91 Å². The Kier molecular flexibility index (Phi) is 5.65. The van der Waals surface area contributed by atoms with Gasteiger partial charge in [-0.05, 0) is 36.4 Å². The van der Waals surface area contributed by atoms with Gasteiger partial charge in [0.05, 0.1) is 37.5 Å². The Morgan fingerprint density at radius 1 is 1.07 bits per heavy atom. The molecular weight excluding hydrogens is 368 g/mol. The smallest absolute Gasteiger partial charge is 0.270 e. The van der Waals surface area contributed by atoms with Gasteiger partial charge in [-0.1, -0.05) is 12.1 Å². The van der Waals surface area contributed by atoms with Gasteiger partial charge in [-0.25, -0.2) is 4.98 Å². The maximum atomic E-state index is 12.2. The number of anilines is 2. The number of amides is 1. The molecule has 7 heteroatoms. The van der Waals surface area contributed by atoms with Crippen molar-refractivity contribution in [2.75, 3.05) is 43.1 Å². The van der Waals surface area contributed by atoms with Crippen LogP contribution in [0.25, 0.3) is 0 Å². The molecule has 2 aromatic heterocycles. The molecule has 3 heterocycles. The highest BCUT2D eigenvalue weighted by molar-refractivity contribution is 5.92. The molecule has 0 radical (unpaired) electrons. The fourth-order valence-electron chi connectivity index (χ4n) is 3.48. The molecule has 1 saturated heterocycles. The lowest BCUT2D eigenvalue weighted by Crippen LogP contribution is -2.46. The molecule has 1 aliphatic heterocycles. The van der Waals surface area contributed by atoms with E-state index in [9.17, 15) is 4.79 Å². The van der Waals surface area contributed by atoms with Crippen molar-refractivity contribution in [1.82, 2.24) is 10.3 Å². The zero-order valence-electron chi connectivity index (χ0n) is 16.4. The third-order valence-electron chi connectivity index (χ3n) is 5.05. The van der Waals surface area contributed by atoms with Crippen LogP contribution in [0, 0.1) is 0 Å². The van der Waals surface area contributed by atoms with Crippen molar-refractivity contribution >= 4 is 17.3 Å². The van der Waals surface area contributed by atoms with Crippen molar-refractivity contribution in [2.24, 2.45) is 0 Å². The van der Waals surface area contributed by atoms with Gasteiger partial charge in [0, 0.05) is 26.2 Å². The number of hydrogen-bond donors (Lipinski definition) is 1. The lowest BCUT2D eigenvalue weighted by Gasteiger charge is -2.37. The van der Waals surface area contributed by atoms with Crippen molar-refractivity contribution in [1.29, 1.82) is 0 Å². The van der Waals surface area contributed by atoms with Crippen LogP contribution < -0.4 is 19.9 Å². The minimum absolute atomic E-state index is 0.214. The molecule has 1 N–H and O–H groups in total. The van der Waals surface area contributed by atoms with Gasteiger partial charge in [0.2, 0.25) is 0 Å². The summed E-state index contributed by atoms with van der Waals surface area (Å²) >= 11 is 0. The van der Waals surface area contributed by atoms with Crippen molar-refractivity contribution in [3.8, 4) is 5.75 Å². The van der Waals surface area contributed by atoms with Crippen LogP contribution in [-0.4, -0.2) is 44.2 Å². The summed E-state index contributed by atoms with van der Waals surface area (Å²) < 4.78 is 10.7. The Morgan fingerprint density at radius 2 is 1.86 bits per heavy atom. The number of furan rings is 1. The number of ether oxygens (including phenoxy) is 1. The highest BCUT2D eigenvalue weighted by Crippen LogP contribution is 2.29. The SMILES string of the molecule is COc1ccccc1N1CCN(c2ccc(C(=O)NCc3ccco3)nc2)CC1. The van der Waals surface area contributed by atoms with Crippen LogP contribution >= 0.6 is 0 Å². The Balaban J connectivity index is 1.33. The molecule has 0 atom stereocenters. The number of benzene rings is 1. The first-order chi connectivity index (χ1) is 14.2. The number of nitrogens with zero attached hydrogens (tertiary/aromatic N) is 3. The summed E-state index contributed by atoms with van der Waals surface area (Å²) in [5.74, 6) is 1.39. The number of pyridine rings is 1. The molecule has 4 rings (SSSR count). The van der Waals surface area contributed by atoms with Gasteiger partial charge in [-0.15, -0.1) is 0 Å². The molecule has 0 spiro atoms. The predicted octanol–water partition coefficient (Wildman–Crippen LogP) is 2.94. The van der Waals surface area contributed by atoms with Crippen LogP contribution in [0.2, 0.25) is 0 Å². The van der Waals surface area contributed by atoms with Gasteiger partial charge in [-0.3, -0.25) is 4.79 Å². The molecule has 7 nitrogen and oxygen atoms in total. The number of methoxy groups -OCH3 is 1. The molecule has 1 aromatic carbocycles. The van der Waals surface area contributed by atoms with E-state index in [-0.39, 0.29) is 5.91 Å². The van der Waals surface area contributed by atoms with E-state index < -0.39 is 0 Å². The zero-order chi connectivity index (χ0) is 20.1. The normalized spacial score (nSPS) is 14.0. The van der Waals surface area contributed by atoms with Gasteiger partial charge >= 0.3 is 0 Å². The maximum Gasteiger partial charge on any atom is 0.270 e. The minimum atomic E-state index is -0.214. The number of piperazine rings is 1. The van der Waals surface area contributed by atoms with Crippen LogP contribution in [0.1, 0.15) is 16.2 Å². The van der Waals surface area contributed by atoms with E-state index in [1.165, 1.54) is 0 Å². The first-order valence-electron chi connectivity index (χ1n) is 9.64. The highest BCUT2D eigenvalue weighted by Gasteiger charge is 2.20. The molecule has 1 fully saturated rings. The number of carbonyl (C=O) groups excluding carboxylic acids is 1. The van der Waals surface area contributed by atoms with Crippen molar-refractivity contribution in [2.45, 2.75) is 6.54 Å². The number of nitrogens with one attached hydrogen (secondary N) is 1. The number of carbonyl (C=O) groups is 1. The largest absolute Gasteiger partial charge is 0.495 e. The molecule has 150 valence electrons. The first kappa shape index (κ1) is 18.9. The summed E-state index contributed by atoms with van der Waals surface area (Å²) in [6, 6.07) is 15.4. The number of para-hydroxylation sites is 2. The molecule has 1 aliphatic rings. The Morgan fingerprint density at radius 3 is 2.55 bits per heavy atom. The van der Waals surface area contributed by atoms with Gasteiger partial charge in [-0.2, -0.15) is 0 Å². The fraction of sp³-hybridized carbons (Fsp3) is 0.273. The van der Waals surface area contributed by atoms with Crippen molar-refractivity contribution in [3.05, 3.63) is 72.4 Å². The zero-order valence-corrected chi connectivity index (χ0v) is 16.4. The van der Waals surface area contributed by atoms with E-state index in [2.05, 4.69) is 26.2 Å². The fourth-order valence-corrected chi connectivity index (χ4v) is 3.48. The minimum Gasteiger partial charge on any atom is -0.495 e. The van der Waals surface area contributed by atoms with Crippen LogP contribution in [0.5, 0.6) is 5.75 Å². The van der Waals surface area contributed by atoms with Crippen molar-refractivity contribution in [3.63, 3.8) is 0 Å².